The summed E-state index contributed by atoms with van der Waals surface area (Å²) in [5.74, 6) is 0.772. The Bertz CT molecular complexity index is 971. The maximum atomic E-state index is 12.2. The van der Waals surface area contributed by atoms with Crippen LogP contribution in [0.15, 0.2) is 61.2 Å². The zero-order valence-electron chi connectivity index (χ0n) is 17.9. The van der Waals surface area contributed by atoms with Crippen molar-refractivity contribution in [3.05, 3.63) is 66.7 Å². The number of ether oxygens (including phenoxy) is 1. The van der Waals surface area contributed by atoms with E-state index in [1.165, 1.54) is 19.4 Å². The third kappa shape index (κ3) is 5.92. The first kappa shape index (κ1) is 21.1. The number of nitrogens with zero attached hydrogens (tertiary/aromatic N) is 4. The van der Waals surface area contributed by atoms with Crippen LogP contribution in [0.3, 0.4) is 0 Å². The van der Waals surface area contributed by atoms with E-state index in [9.17, 15) is 4.79 Å². The standard InChI is InChI=1S/C24H29N5O2/c1-19-4-2-13-28(19)14-3-15-31-23-7-5-22(6-8-23)29-18-21(17-26-29)27-24(30)16-20-9-11-25-12-10-20/h5-12,17-19H,2-4,13-16H2,1H3,(H,27,30)/t19-/m1/s1. The van der Waals surface area contributed by atoms with E-state index in [4.69, 9.17) is 4.74 Å². The molecule has 1 aliphatic rings. The molecule has 1 fully saturated rings. The monoisotopic (exact) mass is 419 g/mol. The lowest BCUT2D eigenvalue weighted by Crippen LogP contribution is -2.28. The maximum Gasteiger partial charge on any atom is 0.228 e. The summed E-state index contributed by atoms with van der Waals surface area (Å²) < 4.78 is 7.63. The minimum absolute atomic E-state index is 0.0853. The van der Waals surface area contributed by atoms with Crippen LogP contribution in [-0.2, 0) is 11.2 Å². The highest BCUT2D eigenvalue weighted by Gasteiger charge is 2.19. The van der Waals surface area contributed by atoms with Crippen LogP contribution >= 0.6 is 0 Å². The first-order chi connectivity index (χ1) is 15.2. The molecule has 4 rings (SSSR count). The molecule has 0 unspecified atom stereocenters. The second kappa shape index (κ2) is 10.2. The minimum Gasteiger partial charge on any atom is -0.494 e. The second-order valence-electron chi connectivity index (χ2n) is 7.98. The summed E-state index contributed by atoms with van der Waals surface area (Å²) in [6.07, 6.45) is 10.8. The quantitative estimate of drug-likeness (QED) is 0.536. The van der Waals surface area contributed by atoms with E-state index in [1.807, 2.05) is 36.4 Å². The number of carbonyl (C=O) groups excluding carboxylic acids is 1. The van der Waals surface area contributed by atoms with Gasteiger partial charge in [-0.3, -0.25) is 9.78 Å². The van der Waals surface area contributed by atoms with Gasteiger partial charge in [0, 0.05) is 25.0 Å². The number of pyridine rings is 1. The van der Waals surface area contributed by atoms with E-state index in [-0.39, 0.29) is 5.91 Å². The zero-order chi connectivity index (χ0) is 21.5. The molecule has 0 radical (unpaired) electrons. The summed E-state index contributed by atoms with van der Waals surface area (Å²) in [7, 11) is 0. The van der Waals surface area contributed by atoms with Crippen molar-refractivity contribution in [2.24, 2.45) is 0 Å². The van der Waals surface area contributed by atoms with Gasteiger partial charge >= 0.3 is 0 Å². The lowest BCUT2D eigenvalue weighted by Gasteiger charge is -2.20. The third-order valence-corrected chi connectivity index (χ3v) is 5.63. The first-order valence-corrected chi connectivity index (χ1v) is 10.9. The van der Waals surface area contributed by atoms with Gasteiger partial charge in [0.2, 0.25) is 5.91 Å². The smallest absolute Gasteiger partial charge is 0.228 e. The summed E-state index contributed by atoms with van der Waals surface area (Å²) in [6, 6.07) is 12.2. The lowest BCUT2D eigenvalue weighted by molar-refractivity contribution is -0.115. The molecule has 0 spiro atoms. The molecule has 1 aliphatic heterocycles. The van der Waals surface area contributed by atoms with Gasteiger partial charge in [-0.1, -0.05) is 0 Å². The van der Waals surface area contributed by atoms with E-state index < -0.39 is 0 Å². The summed E-state index contributed by atoms with van der Waals surface area (Å²) in [5, 5.41) is 7.23. The second-order valence-corrected chi connectivity index (χ2v) is 7.98. The van der Waals surface area contributed by atoms with Crippen molar-refractivity contribution in [3.8, 4) is 11.4 Å². The summed E-state index contributed by atoms with van der Waals surface area (Å²) in [4.78, 5) is 18.7. The maximum absolute atomic E-state index is 12.2. The molecule has 1 N–H and O–H groups in total. The number of hydrogen-bond acceptors (Lipinski definition) is 5. The Labute approximate surface area is 183 Å². The molecule has 31 heavy (non-hydrogen) atoms. The predicted octanol–water partition coefficient (Wildman–Crippen LogP) is 3.70. The van der Waals surface area contributed by atoms with Crippen LogP contribution < -0.4 is 10.1 Å². The molecule has 0 aliphatic carbocycles. The van der Waals surface area contributed by atoms with Gasteiger partial charge in [0.25, 0.3) is 0 Å². The van der Waals surface area contributed by atoms with Crippen molar-refractivity contribution in [3.63, 3.8) is 0 Å². The number of amides is 1. The Morgan fingerprint density at radius 1 is 1.19 bits per heavy atom. The van der Waals surface area contributed by atoms with Gasteiger partial charge < -0.3 is 15.0 Å². The van der Waals surface area contributed by atoms with Crippen molar-refractivity contribution in [2.45, 2.75) is 38.6 Å². The SMILES string of the molecule is C[C@@H]1CCCN1CCCOc1ccc(-n2cc(NC(=O)Cc3ccncc3)cn2)cc1. The molecule has 0 bridgehead atoms. The molecule has 1 amide bonds. The van der Waals surface area contributed by atoms with Crippen LogP contribution in [0.25, 0.3) is 5.69 Å². The van der Waals surface area contributed by atoms with Crippen molar-refractivity contribution in [2.75, 3.05) is 25.0 Å². The molecule has 1 aromatic carbocycles. The fourth-order valence-corrected chi connectivity index (χ4v) is 3.90. The zero-order valence-corrected chi connectivity index (χ0v) is 17.9. The van der Waals surface area contributed by atoms with Crippen LogP contribution in [0.1, 0.15) is 31.7 Å². The Balaban J connectivity index is 1.24. The normalized spacial score (nSPS) is 16.4. The van der Waals surface area contributed by atoms with Gasteiger partial charge in [-0.15, -0.1) is 0 Å². The Hall–Kier alpha value is -3.19. The molecular weight excluding hydrogens is 390 g/mol. The van der Waals surface area contributed by atoms with Gasteiger partial charge in [-0.2, -0.15) is 5.10 Å². The number of anilines is 1. The largest absolute Gasteiger partial charge is 0.494 e. The van der Waals surface area contributed by atoms with Gasteiger partial charge in [0.15, 0.2) is 0 Å². The molecule has 0 saturated carbocycles. The molecule has 3 aromatic rings. The van der Waals surface area contributed by atoms with Crippen LogP contribution in [-0.4, -0.2) is 51.3 Å². The van der Waals surface area contributed by atoms with E-state index in [0.29, 0.717) is 18.2 Å². The molecule has 2 aromatic heterocycles. The van der Waals surface area contributed by atoms with E-state index in [2.05, 4.69) is 27.2 Å². The van der Waals surface area contributed by atoms with Crippen LogP contribution in [0.2, 0.25) is 0 Å². The molecule has 1 atom stereocenters. The Morgan fingerprint density at radius 3 is 2.74 bits per heavy atom. The van der Waals surface area contributed by atoms with Gasteiger partial charge in [0.1, 0.15) is 5.75 Å². The number of carbonyl (C=O) groups is 1. The number of aromatic nitrogens is 3. The average Bonchev–Trinajstić information content (AvgIpc) is 3.41. The van der Waals surface area contributed by atoms with Crippen LogP contribution in [0, 0.1) is 0 Å². The number of hydrogen-bond donors (Lipinski definition) is 1. The van der Waals surface area contributed by atoms with Gasteiger partial charge in [-0.25, -0.2) is 4.68 Å². The lowest BCUT2D eigenvalue weighted by atomic mass is 10.2. The van der Waals surface area contributed by atoms with Crippen molar-refractivity contribution in [1.29, 1.82) is 0 Å². The fourth-order valence-electron chi connectivity index (χ4n) is 3.90. The summed E-state index contributed by atoms with van der Waals surface area (Å²) in [5.41, 5.74) is 2.49. The number of nitrogens with one attached hydrogen (secondary N) is 1. The van der Waals surface area contributed by atoms with Crippen molar-refractivity contribution >= 4 is 11.6 Å². The summed E-state index contributed by atoms with van der Waals surface area (Å²) >= 11 is 0. The van der Waals surface area contributed by atoms with Crippen molar-refractivity contribution in [1.82, 2.24) is 19.7 Å². The Morgan fingerprint density at radius 2 is 2.00 bits per heavy atom. The van der Waals surface area contributed by atoms with Crippen LogP contribution in [0.4, 0.5) is 5.69 Å². The van der Waals surface area contributed by atoms with Gasteiger partial charge in [-0.05, 0) is 74.7 Å². The molecule has 162 valence electrons. The van der Waals surface area contributed by atoms with E-state index in [1.54, 1.807) is 29.5 Å². The highest BCUT2D eigenvalue weighted by Crippen LogP contribution is 2.18. The minimum atomic E-state index is -0.0853. The van der Waals surface area contributed by atoms with Crippen molar-refractivity contribution < 1.29 is 9.53 Å². The third-order valence-electron chi connectivity index (χ3n) is 5.63. The molecule has 1 saturated heterocycles. The van der Waals surface area contributed by atoms with Crippen LogP contribution in [0.5, 0.6) is 5.75 Å². The number of benzene rings is 1. The molecule has 7 nitrogen and oxygen atoms in total. The fraction of sp³-hybridized carbons (Fsp3) is 0.375. The molecular formula is C24H29N5O2. The highest BCUT2D eigenvalue weighted by molar-refractivity contribution is 5.92. The average molecular weight is 420 g/mol. The topological polar surface area (TPSA) is 72.3 Å². The van der Waals surface area contributed by atoms with E-state index in [0.717, 1.165) is 36.6 Å². The van der Waals surface area contributed by atoms with E-state index >= 15 is 0 Å². The predicted molar refractivity (Wildman–Crippen MR) is 121 cm³/mol. The molecule has 3 heterocycles. The summed E-state index contributed by atoms with van der Waals surface area (Å²) in [6.45, 7) is 5.34. The Kier molecular flexibility index (Phi) is 6.94. The first-order valence-electron chi connectivity index (χ1n) is 10.9. The number of likely N-dealkylation sites (tertiary alicyclic amines) is 1. The molecule has 7 heteroatoms. The number of rotatable bonds is 9. The highest BCUT2D eigenvalue weighted by atomic mass is 16.5. The van der Waals surface area contributed by atoms with Gasteiger partial charge in [0.05, 0.1) is 36.8 Å².